The maximum absolute atomic E-state index is 13.8. The van der Waals surface area contributed by atoms with Crippen molar-refractivity contribution in [3.05, 3.63) is 53.3 Å². The standard InChI is InChI=1S/C15H13F3O3/c1-19-12-6-4-11(17)15(18)10(12)8-21-13-5-3-9(16)7-14(13)20-2/h3-7H,8H2,1-2H3. The Morgan fingerprint density at radius 3 is 2.19 bits per heavy atom. The lowest BCUT2D eigenvalue weighted by Gasteiger charge is -2.13. The van der Waals surface area contributed by atoms with Gasteiger partial charge in [-0.3, -0.25) is 0 Å². The fourth-order valence-electron chi connectivity index (χ4n) is 1.81. The Labute approximate surface area is 119 Å². The molecule has 0 spiro atoms. The van der Waals surface area contributed by atoms with Crippen LogP contribution < -0.4 is 14.2 Å². The summed E-state index contributed by atoms with van der Waals surface area (Å²) in [5.41, 5.74) is -0.0659. The summed E-state index contributed by atoms with van der Waals surface area (Å²) in [7, 11) is 2.69. The predicted octanol–water partition coefficient (Wildman–Crippen LogP) is 3.70. The van der Waals surface area contributed by atoms with E-state index in [4.69, 9.17) is 14.2 Å². The van der Waals surface area contributed by atoms with E-state index in [9.17, 15) is 13.2 Å². The topological polar surface area (TPSA) is 27.7 Å². The van der Waals surface area contributed by atoms with Crippen LogP contribution in [-0.2, 0) is 6.61 Å². The minimum Gasteiger partial charge on any atom is -0.496 e. The lowest BCUT2D eigenvalue weighted by molar-refractivity contribution is 0.269. The van der Waals surface area contributed by atoms with Gasteiger partial charge in [0.25, 0.3) is 0 Å². The second-order valence-corrected chi connectivity index (χ2v) is 4.13. The Hall–Kier alpha value is -2.37. The molecule has 6 heteroatoms. The summed E-state index contributed by atoms with van der Waals surface area (Å²) in [6.07, 6.45) is 0. The molecule has 112 valence electrons. The molecule has 21 heavy (non-hydrogen) atoms. The van der Waals surface area contributed by atoms with Gasteiger partial charge in [0.05, 0.1) is 19.8 Å². The van der Waals surface area contributed by atoms with Gasteiger partial charge in [-0.25, -0.2) is 13.2 Å². The van der Waals surface area contributed by atoms with Crippen LogP contribution in [0.25, 0.3) is 0 Å². The van der Waals surface area contributed by atoms with E-state index < -0.39 is 17.5 Å². The van der Waals surface area contributed by atoms with Crippen molar-refractivity contribution in [2.24, 2.45) is 0 Å². The lowest BCUT2D eigenvalue weighted by Crippen LogP contribution is -2.04. The largest absolute Gasteiger partial charge is 0.496 e. The minimum atomic E-state index is -1.05. The Bertz CT molecular complexity index is 644. The summed E-state index contributed by atoms with van der Waals surface area (Å²) >= 11 is 0. The molecular formula is C15H13F3O3. The van der Waals surface area contributed by atoms with E-state index in [-0.39, 0.29) is 29.4 Å². The minimum absolute atomic E-state index is 0.0659. The zero-order chi connectivity index (χ0) is 15.4. The highest BCUT2D eigenvalue weighted by molar-refractivity contribution is 5.41. The Balaban J connectivity index is 2.26. The number of rotatable bonds is 5. The van der Waals surface area contributed by atoms with E-state index in [1.165, 1.54) is 32.4 Å². The first kappa shape index (κ1) is 15.0. The average Bonchev–Trinajstić information content (AvgIpc) is 2.49. The first-order chi connectivity index (χ1) is 10.1. The molecule has 0 aliphatic rings. The molecule has 0 radical (unpaired) electrons. The van der Waals surface area contributed by atoms with Crippen LogP contribution in [-0.4, -0.2) is 14.2 Å². The highest BCUT2D eigenvalue weighted by atomic mass is 19.2. The molecule has 0 bridgehead atoms. The third kappa shape index (κ3) is 3.21. The van der Waals surface area contributed by atoms with Crippen LogP contribution in [0.15, 0.2) is 30.3 Å². The highest BCUT2D eigenvalue weighted by Gasteiger charge is 2.16. The van der Waals surface area contributed by atoms with Crippen LogP contribution in [0, 0.1) is 17.5 Å². The number of ether oxygens (including phenoxy) is 3. The summed E-state index contributed by atoms with van der Waals surface area (Å²) in [5.74, 6) is -2.00. The van der Waals surface area contributed by atoms with Crippen LogP contribution in [0.1, 0.15) is 5.56 Å². The van der Waals surface area contributed by atoms with Gasteiger partial charge in [-0.15, -0.1) is 0 Å². The van der Waals surface area contributed by atoms with Crippen molar-refractivity contribution in [2.45, 2.75) is 6.61 Å². The number of halogens is 3. The van der Waals surface area contributed by atoms with Crippen molar-refractivity contribution in [2.75, 3.05) is 14.2 Å². The van der Waals surface area contributed by atoms with Crippen LogP contribution in [0.3, 0.4) is 0 Å². The second kappa shape index (κ2) is 6.39. The number of benzene rings is 2. The Morgan fingerprint density at radius 2 is 1.52 bits per heavy atom. The SMILES string of the molecule is COc1cc(F)ccc1OCc1c(OC)ccc(F)c1F. The summed E-state index contributed by atoms with van der Waals surface area (Å²) in [5, 5.41) is 0. The number of methoxy groups -OCH3 is 2. The predicted molar refractivity (Wildman–Crippen MR) is 70.2 cm³/mol. The first-order valence-corrected chi connectivity index (χ1v) is 6.04. The van der Waals surface area contributed by atoms with E-state index in [2.05, 4.69) is 0 Å². The van der Waals surface area contributed by atoms with E-state index in [0.29, 0.717) is 0 Å². The van der Waals surface area contributed by atoms with E-state index >= 15 is 0 Å². The van der Waals surface area contributed by atoms with Crippen LogP contribution in [0.4, 0.5) is 13.2 Å². The molecule has 0 unspecified atom stereocenters. The highest BCUT2D eigenvalue weighted by Crippen LogP contribution is 2.30. The molecule has 0 saturated carbocycles. The lowest BCUT2D eigenvalue weighted by atomic mass is 10.2. The maximum Gasteiger partial charge on any atom is 0.169 e. The number of hydrogen-bond donors (Lipinski definition) is 0. The van der Waals surface area contributed by atoms with Crippen molar-refractivity contribution >= 4 is 0 Å². The van der Waals surface area contributed by atoms with Crippen molar-refractivity contribution in [1.82, 2.24) is 0 Å². The fraction of sp³-hybridized carbons (Fsp3) is 0.200. The van der Waals surface area contributed by atoms with Gasteiger partial charge in [0.2, 0.25) is 0 Å². The van der Waals surface area contributed by atoms with Crippen LogP contribution in [0.5, 0.6) is 17.2 Å². The molecule has 0 fully saturated rings. The molecule has 0 saturated heterocycles. The molecule has 0 aliphatic heterocycles. The Kier molecular flexibility index (Phi) is 4.57. The van der Waals surface area contributed by atoms with Gasteiger partial charge >= 0.3 is 0 Å². The van der Waals surface area contributed by atoms with Gasteiger partial charge in [0.15, 0.2) is 23.1 Å². The smallest absolute Gasteiger partial charge is 0.169 e. The third-order valence-corrected chi connectivity index (χ3v) is 2.87. The first-order valence-electron chi connectivity index (χ1n) is 6.04. The summed E-state index contributed by atoms with van der Waals surface area (Å²) < 4.78 is 55.4. The molecule has 2 rings (SSSR count). The van der Waals surface area contributed by atoms with Gasteiger partial charge in [-0.05, 0) is 24.3 Å². The molecule has 3 nitrogen and oxygen atoms in total. The number of hydrogen-bond acceptors (Lipinski definition) is 3. The quantitative estimate of drug-likeness (QED) is 0.842. The van der Waals surface area contributed by atoms with Crippen molar-refractivity contribution in [1.29, 1.82) is 0 Å². The Morgan fingerprint density at radius 1 is 0.857 bits per heavy atom. The molecule has 2 aromatic rings. The van der Waals surface area contributed by atoms with Gasteiger partial charge < -0.3 is 14.2 Å². The van der Waals surface area contributed by atoms with Gasteiger partial charge in [0.1, 0.15) is 18.2 Å². The van der Waals surface area contributed by atoms with Gasteiger partial charge in [-0.2, -0.15) is 0 Å². The van der Waals surface area contributed by atoms with Crippen LogP contribution >= 0.6 is 0 Å². The molecule has 2 aromatic carbocycles. The van der Waals surface area contributed by atoms with Crippen molar-refractivity contribution < 1.29 is 27.4 Å². The normalized spacial score (nSPS) is 10.3. The third-order valence-electron chi connectivity index (χ3n) is 2.87. The molecule has 0 heterocycles. The second-order valence-electron chi connectivity index (χ2n) is 4.13. The summed E-state index contributed by atoms with van der Waals surface area (Å²) in [6, 6.07) is 5.93. The molecule has 0 aliphatic carbocycles. The summed E-state index contributed by atoms with van der Waals surface area (Å²) in [6.45, 7) is -0.283. The zero-order valence-corrected chi connectivity index (χ0v) is 11.5. The van der Waals surface area contributed by atoms with Gasteiger partial charge in [0, 0.05) is 6.07 Å². The van der Waals surface area contributed by atoms with E-state index in [1.807, 2.05) is 0 Å². The maximum atomic E-state index is 13.8. The van der Waals surface area contributed by atoms with E-state index in [1.54, 1.807) is 0 Å². The monoisotopic (exact) mass is 298 g/mol. The zero-order valence-electron chi connectivity index (χ0n) is 11.5. The molecule has 0 amide bonds. The van der Waals surface area contributed by atoms with E-state index in [0.717, 1.165) is 12.1 Å². The molecule has 0 N–H and O–H groups in total. The molecule has 0 aromatic heterocycles. The average molecular weight is 298 g/mol. The molecule has 0 atom stereocenters. The van der Waals surface area contributed by atoms with Crippen LogP contribution in [0.2, 0.25) is 0 Å². The fourth-order valence-corrected chi connectivity index (χ4v) is 1.81. The molecular weight excluding hydrogens is 285 g/mol. The summed E-state index contributed by atoms with van der Waals surface area (Å²) in [4.78, 5) is 0. The van der Waals surface area contributed by atoms with Gasteiger partial charge in [-0.1, -0.05) is 0 Å². The van der Waals surface area contributed by atoms with Crippen molar-refractivity contribution in [3.63, 3.8) is 0 Å². The van der Waals surface area contributed by atoms with Crippen molar-refractivity contribution in [3.8, 4) is 17.2 Å².